The topological polar surface area (TPSA) is 95.2 Å². The van der Waals surface area contributed by atoms with Crippen LogP contribution in [0.5, 0.6) is 0 Å². The van der Waals surface area contributed by atoms with Crippen LogP contribution in [0.2, 0.25) is 0 Å². The molecule has 30 heavy (non-hydrogen) atoms. The molecule has 0 aliphatic heterocycles. The van der Waals surface area contributed by atoms with Crippen molar-refractivity contribution in [3.63, 3.8) is 0 Å². The van der Waals surface area contributed by atoms with Gasteiger partial charge in [-0.25, -0.2) is 23.3 Å². The molecule has 1 aromatic heterocycles. The standard InChI is InChI=1S/C21H21FN4O4/c1-13(2)26-20(28)24-19(23-17-10-6-15(7-11-17)18(27)30-3)25(21(26)29)12-14-4-8-16(22)9-5-14/h4-11,13H,12H2,1-3H3,(H,23,24,28). The largest absolute Gasteiger partial charge is 0.465 e. The van der Waals surface area contributed by atoms with Gasteiger partial charge in [0.1, 0.15) is 5.82 Å². The Hall–Kier alpha value is -3.75. The third kappa shape index (κ3) is 4.45. The highest BCUT2D eigenvalue weighted by molar-refractivity contribution is 5.89. The number of nitrogens with one attached hydrogen (secondary N) is 1. The van der Waals surface area contributed by atoms with Crippen LogP contribution in [0.15, 0.2) is 58.1 Å². The number of carbonyl (C=O) groups is 1. The second-order valence-electron chi connectivity index (χ2n) is 6.87. The molecule has 0 unspecified atom stereocenters. The van der Waals surface area contributed by atoms with Crippen LogP contribution in [0.4, 0.5) is 16.0 Å². The zero-order valence-electron chi connectivity index (χ0n) is 16.8. The maximum atomic E-state index is 13.2. The third-order valence-electron chi connectivity index (χ3n) is 4.43. The summed E-state index contributed by atoms with van der Waals surface area (Å²) >= 11 is 0. The molecule has 156 valence electrons. The molecule has 0 atom stereocenters. The quantitative estimate of drug-likeness (QED) is 0.626. The van der Waals surface area contributed by atoms with Crippen LogP contribution in [-0.2, 0) is 11.3 Å². The van der Waals surface area contributed by atoms with Gasteiger partial charge in [0.15, 0.2) is 0 Å². The number of carbonyl (C=O) groups excluding carboxylic acids is 1. The summed E-state index contributed by atoms with van der Waals surface area (Å²) in [5.41, 5.74) is 0.319. The average Bonchev–Trinajstić information content (AvgIpc) is 2.72. The summed E-state index contributed by atoms with van der Waals surface area (Å²) in [6.07, 6.45) is 0. The van der Waals surface area contributed by atoms with Crippen molar-refractivity contribution in [1.82, 2.24) is 14.1 Å². The second-order valence-corrected chi connectivity index (χ2v) is 6.87. The predicted octanol–water partition coefficient (Wildman–Crippen LogP) is 2.70. The average molecular weight is 412 g/mol. The Morgan fingerprint density at radius 1 is 1.10 bits per heavy atom. The first kappa shape index (κ1) is 21.0. The van der Waals surface area contributed by atoms with Gasteiger partial charge in [-0.05, 0) is 55.8 Å². The lowest BCUT2D eigenvalue weighted by molar-refractivity contribution is 0.0601. The molecular weight excluding hydrogens is 391 g/mol. The molecule has 1 heterocycles. The molecule has 0 aliphatic carbocycles. The lowest BCUT2D eigenvalue weighted by Gasteiger charge is -2.17. The Labute approximate surface area is 171 Å². The number of rotatable bonds is 6. The maximum Gasteiger partial charge on any atom is 0.355 e. The molecule has 0 saturated carbocycles. The molecule has 0 spiro atoms. The van der Waals surface area contributed by atoms with Gasteiger partial charge in [-0.3, -0.25) is 4.57 Å². The molecule has 0 amide bonds. The van der Waals surface area contributed by atoms with Crippen molar-refractivity contribution in [2.24, 2.45) is 0 Å². The molecule has 9 heteroatoms. The third-order valence-corrected chi connectivity index (χ3v) is 4.43. The van der Waals surface area contributed by atoms with Crippen molar-refractivity contribution in [1.29, 1.82) is 0 Å². The summed E-state index contributed by atoms with van der Waals surface area (Å²) in [5.74, 6) is -0.829. The molecule has 2 aromatic carbocycles. The zero-order chi connectivity index (χ0) is 21.8. The van der Waals surface area contributed by atoms with Crippen molar-refractivity contribution in [3.05, 3.63) is 86.4 Å². The molecule has 8 nitrogen and oxygen atoms in total. The number of halogens is 1. The monoisotopic (exact) mass is 412 g/mol. The van der Waals surface area contributed by atoms with E-state index in [1.54, 1.807) is 50.2 Å². The number of anilines is 2. The number of hydrogen-bond acceptors (Lipinski definition) is 6. The highest BCUT2D eigenvalue weighted by Gasteiger charge is 2.16. The van der Waals surface area contributed by atoms with Gasteiger partial charge < -0.3 is 10.1 Å². The number of esters is 1. The molecule has 0 aliphatic rings. The fourth-order valence-corrected chi connectivity index (χ4v) is 2.90. The van der Waals surface area contributed by atoms with Gasteiger partial charge in [0.2, 0.25) is 5.95 Å². The van der Waals surface area contributed by atoms with E-state index in [9.17, 15) is 18.8 Å². The first-order chi connectivity index (χ1) is 14.3. The SMILES string of the molecule is COC(=O)c1ccc(Nc2nc(=O)n(C(C)C)c(=O)n2Cc2ccc(F)cc2)cc1. The smallest absolute Gasteiger partial charge is 0.355 e. The number of methoxy groups -OCH3 is 1. The van der Waals surface area contributed by atoms with Gasteiger partial charge in [0.25, 0.3) is 0 Å². The van der Waals surface area contributed by atoms with Crippen molar-refractivity contribution in [2.45, 2.75) is 26.4 Å². The van der Waals surface area contributed by atoms with Crippen LogP contribution in [-0.4, -0.2) is 27.2 Å². The van der Waals surface area contributed by atoms with E-state index >= 15 is 0 Å². The molecule has 0 saturated heterocycles. The normalized spacial score (nSPS) is 10.8. The molecular formula is C21H21FN4O4. The van der Waals surface area contributed by atoms with E-state index in [2.05, 4.69) is 15.0 Å². The highest BCUT2D eigenvalue weighted by atomic mass is 19.1. The van der Waals surface area contributed by atoms with Crippen LogP contribution in [0.3, 0.4) is 0 Å². The Morgan fingerprint density at radius 2 is 1.73 bits per heavy atom. The minimum absolute atomic E-state index is 0.0389. The van der Waals surface area contributed by atoms with Gasteiger partial charge in [-0.1, -0.05) is 12.1 Å². The summed E-state index contributed by atoms with van der Waals surface area (Å²) in [4.78, 5) is 41.0. The first-order valence-electron chi connectivity index (χ1n) is 9.23. The van der Waals surface area contributed by atoms with Crippen LogP contribution in [0.1, 0.15) is 35.8 Å². The zero-order valence-corrected chi connectivity index (χ0v) is 16.8. The minimum Gasteiger partial charge on any atom is -0.465 e. The summed E-state index contributed by atoms with van der Waals surface area (Å²) in [6, 6.07) is 11.6. The van der Waals surface area contributed by atoms with Gasteiger partial charge in [-0.15, -0.1) is 0 Å². The van der Waals surface area contributed by atoms with E-state index < -0.39 is 17.3 Å². The fraction of sp³-hybridized carbons (Fsp3) is 0.238. The minimum atomic E-state index is -0.681. The molecule has 0 fully saturated rings. The number of ether oxygens (including phenoxy) is 1. The van der Waals surface area contributed by atoms with Crippen molar-refractivity contribution in [2.75, 3.05) is 12.4 Å². The van der Waals surface area contributed by atoms with Crippen LogP contribution in [0, 0.1) is 5.82 Å². The van der Waals surface area contributed by atoms with Crippen LogP contribution < -0.4 is 16.7 Å². The van der Waals surface area contributed by atoms with Crippen molar-refractivity contribution < 1.29 is 13.9 Å². The molecule has 0 bridgehead atoms. The van der Waals surface area contributed by atoms with Gasteiger partial charge >= 0.3 is 17.3 Å². The van der Waals surface area contributed by atoms with Crippen LogP contribution >= 0.6 is 0 Å². The molecule has 3 rings (SSSR count). The van der Waals surface area contributed by atoms with Gasteiger partial charge in [0, 0.05) is 11.7 Å². The Bertz CT molecular complexity index is 1170. The van der Waals surface area contributed by atoms with Crippen molar-refractivity contribution >= 4 is 17.6 Å². The Kier molecular flexibility index (Phi) is 6.10. The molecule has 0 radical (unpaired) electrons. The Morgan fingerprint density at radius 3 is 2.30 bits per heavy atom. The number of nitrogens with zero attached hydrogens (tertiary/aromatic N) is 3. The van der Waals surface area contributed by atoms with E-state index in [-0.39, 0.29) is 24.4 Å². The lowest BCUT2D eigenvalue weighted by atomic mass is 10.2. The Balaban J connectivity index is 2.04. The highest BCUT2D eigenvalue weighted by Crippen LogP contribution is 2.16. The second kappa shape index (κ2) is 8.73. The number of hydrogen-bond donors (Lipinski definition) is 1. The summed E-state index contributed by atoms with van der Waals surface area (Å²) in [6.45, 7) is 3.51. The number of benzene rings is 2. The summed E-state index contributed by atoms with van der Waals surface area (Å²) in [7, 11) is 1.29. The van der Waals surface area contributed by atoms with Crippen molar-refractivity contribution in [3.8, 4) is 0 Å². The first-order valence-corrected chi connectivity index (χ1v) is 9.23. The summed E-state index contributed by atoms with van der Waals surface area (Å²) < 4.78 is 20.3. The van der Waals surface area contributed by atoms with Crippen LogP contribution in [0.25, 0.3) is 0 Å². The van der Waals surface area contributed by atoms with E-state index in [0.29, 0.717) is 16.8 Å². The van der Waals surface area contributed by atoms with Gasteiger partial charge in [0.05, 0.1) is 19.2 Å². The molecule has 3 aromatic rings. The number of aromatic nitrogens is 3. The van der Waals surface area contributed by atoms with E-state index in [4.69, 9.17) is 0 Å². The van der Waals surface area contributed by atoms with E-state index in [1.165, 1.54) is 23.8 Å². The fourth-order valence-electron chi connectivity index (χ4n) is 2.90. The summed E-state index contributed by atoms with van der Waals surface area (Å²) in [5, 5.41) is 2.95. The maximum absolute atomic E-state index is 13.2. The van der Waals surface area contributed by atoms with Gasteiger partial charge in [-0.2, -0.15) is 4.98 Å². The lowest BCUT2D eigenvalue weighted by Crippen LogP contribution is -2.43. The van der Waals surface area contributed by atoms with E-state index in [1.807, 2.05) is 0 Å². The molecule has 1 N–H and O–H groups in total. The predicted molar refractivity (Wildman–Crippen MR) is 110 cm³/mol. The van der Waals surface area contributed by atoms with E-state index in [0.717, 1.165) is 4.57 Å².